The first-order valence-corrected chi connectivity index (χ1v) is 4.61. The molecule has 2 rings (SSSR count). The fourth-order valence-corrected chi connectivity index (χ4v) is 1.38. The van der Waals surface area contributed by atoms with Crippen LogP contribution in [0.5, 0.6) is 0 Å². The Labute approximate surface area is 74.2 Å². The van der Waals surface area contributed by atoms with Crippen molar-refractivity contribution in [1.29, 1.82) is 0 Å². The molecule has 0 spiro atoms. The summed E-state index contributed by atoms with van der Waals surface area (Å²) in [4.78, 5) is 8.44. The number of aromatic nitrogens is 2. The van der Waals surface area contributed by atoms with Crippen LogP contribution in [-0.4, -0.2) is 9.97 Å². The third kappa shape index (κ3) is 1.99. The fourth-order valence-electron chi connectivity index (χ4n) is 1.05. The third-order valence-electron chi connectivity index (χ3n) is 1.84. The highest BCUT2D eigenvalue weighted by Crippen LogP contribution is 2.31. The molecule has 1 saturated carbocycles. The van der Waals surface area contributed by atoms with Crippen molar-refractivity contribution < 1.29 is 0 Å². The van der Waals surface area contributed by atoms with Crippen LogP contribution in [0, 0.1) is 5.92 Å². The number of hydrogen-bond acceptors (Lipinski definition) is 2. The van der Waals surface area contributed by atoms with Crippen molar-refractivity contribution in [1.82, 2.24) is 9.97 Å². The van der Waals surface area contributed by atoms with Crippen molar-refractivity contribution in [3.63, 3.8) is 0 Å². The van der Waals surface area contributed by atoms with E-state index in [0.717, 1.165) is 22.8 Å². The summed E-state index contributed by atoms with van der Waals surface area (Å²) in [5, 5.41) is 0. The minimum absolute atomic E-state index is 0.865. The van der Waals surface area contributed by atoms with Crippen LogP contribution >= 0.6 is 15.9 Å². The van der Waals surface area contributed by atoms with Crippen molar-refractivity contribution in [2.75, 3.05) is 0 Å². The van der Waals surface area contributed by atoms with E-state index in [4.69, 9.17) is 0 Å². The Kier molecular flexibility index (Phi) is 1.90. The molecule has 0 unspecified atom stereocenters. The number of nitrogens with zero attached hydrogens (tertiary/aromatic N) is 2. The molecule has 0 amide bonds. The maximum Gasteiger partial charge on any atom is 0.129 e. The summed E-state index contributed by atoms with van der Waals surface area (Å²) >= 11 is 3.32. The highest BCUT2D eigenvalue weighted by atomic mass is 79.9. The SMILES string of the molecule is Brc1ccnc(CC2CC2)n1. The molecule has 2 nitrogen and oxygen atoms in total. The molecule has 1 heterocycles. The van der Waals surface area contributed by atoms with Crippen LogP contribution in [0.4, 0.5) is 0 Å². The van der Waals surface area contributed by atoms with Crippen LogP contribution in [-0.2, 0) is 6.42 Å². The molecule has 0 bridgehead atoms. The summed E-state index contributed by atoms with van der Waals surface area (Å²) in [7, 11) is 0. The molecule has 1 aromatic rings. The lowest BCUT2D eigenvalue weighted by molar-refractivity contribution is 0.766. The van der Waals surface area contributed by atoms with E-state index in [9.17, 15) is 0 Å². The minimum Gasteiger partial charge on any atom is -0.241 e. The Morgan fingerprint density at radius 2 is 2.36 bits per heavy atom. The van der Waals surface area contributed by atoms with Gasteiger partial charge < -0.3 is 0 Å². The molecule has 0 aliphatic heterocycles. The topological polar surface area (TPSA) is 25.8 Å². The van der Waals surface area contributed by atoms with Gasteiger partial charge in [0, 0.05) is 12.6 Å². The van der Waals surface area contributed by atoms with E-state index in [2.05, 4.69) is 25.9 Å². The largest absolute Gasteiger partial charge is 0.241 e. The maximum atomic E-state index is 4.26. The third-order valence-corrected chi connectivity index (χ3v) is 2.28. The van der Waals surface area contributed by atoms with Gasteiger partial charge >= 0.3 is 0 Å². The van der Waals surface area contributed by atoms with Gasteiger partial charge in [0.05, 0.1) is 0 Å². The average Bonchev–Trinajstić information content (AvgIpc) is 2.71. The summed E-state index contributed by atoms with van der Waals surface area (Å²) < 4.78 is 0.892. The second-order valence-corrected chi connectivity index (χ2v) is 3.76. The van der Waals surface area contributed by atoms with Crippen molar-refractivity contribution >= 4 is 15.9 Å². The van der Waals surface area contributed by atoms with Crippen molar-refractivity contribution in [3.8, 4) is 0 Å². The highest BCUT2D eigenvalue weighted by molar-refractivity contribution is 9.10. The molecule has 0 N–H and O–H groups in total. The van der Waals surface area contributed by atoms with E-state index in [1.54, 1.807) is 6.20 Å². The molecule has 1 aliphatic carbocycles. The van der Waals surface area contributed by atoms with Gasteiger partial charge in [0.2, 0.25) is 0 Å². The molecule has 58 valence electrons. The van der Waals surface area contributed by atoms with Gasteiger partial charge in [-0.15, -0.1) is 0 Å². The molecule has 0 saturated heterocycles. The van der Waals surface area contributed by atoms with Gasteiger partial charge in [-0.3, -0.25) is 0 Å². The van der Waals surface area contributed by atoms with E-state index < -0.39 is 0 Å². The maximum absolute atomic E-state index is 4.26. The molecule has 0 radical (unpaired) electrons. The Morgan fingerprint density at radius 3 is 3.00 bits per heavy atom. The quantitative estimate of drug-likeness (QED) is 0.703. The van der Waals surface area contributed by atoms with Crippen molar-refractivity contribution in [3.05, 3.63) is 22.7 Å². The Balaban J connectivity index is 2.10. The summed E-state index contributed by atoms with van der Waals surface area (Å²) in [6.45, 7) is 0. The molecule has 11 heavy (non-hydrogen) atoms. The predicted molar refractivity (Wildman–Crippen MR) is 46.2 cm³/mol. The smallest absolute Gasteiger partial charge is 0.129 e. The van der Waals surface area contributed by atoms with Gasteiger partial charge in [-0.05, 0) is 40.8 Å². The number of hydrogen-bond donors (Lipinski definition) is 0. The lowest BCUT2D eigenvalue weighted by Gasteiger charge is -1.96. The molecular formula is C8H9BrN2. The van der Waals surface area contributed by atoms with Gasteiger partial charge in [-0.1, -0.05) is 0 Å². The summed E-state index contributed by atoms with van der Waals surface area (Å²) in [5.74, 6) is 1.84. The van der Waals surface area contributed by atoms with E-state index in [0.29, 0.717) is 0 Å². The number of rotatable bonds is 2. The molecule has 1 aliphatic rings. The Morgan fingerprint density at radius 1 is 1.55 bits per heavy atom. The van der Waals surface area contributed by atoms with Crippen LogP contribution in [0.1, 0.15) is 18.7 Å². The monoisotopic (exact) mass is 212 g/mol. The first kappa shape index (κ1) is 7.22. The van der Waals surface area contributed by atoms with Gasteiger partial charge in [-0.25, -0.2) is 9.97 Å². The Hall–Kier alpha value is -0.440. The van der Waals surface area contributed by atoms with Crippen LogP contribution in [0.3, 0.4) is 0 Å². The first-order valence-electron chi connectivity index (χ1n) is 3.82. The van der Waals surface area contributed by atoms with Gasteiger partial charge in [0.25, 0.3) is 0 Å². The normalized spacial score (nSPS) is 16.8. The second kappa shape index (κ2) is 2.89. The van der Waals surface area contributed by atoms with Gasteiger partial charge in [0.15, 0.2) is 0 Å². The fraction of sp³-hybridized carbons (Fsp3) is 0.500. The zero-order valence-corrected chi connectivity index (χ0v) is 7.71. The number of halogens is 1. The predicted octanol–water partition coefficient (Wildman–Crippen LogP) is 2.19. The standard InChI is InChI=1S/C8H9BrN2/c9-7-3-4-10-8(11-7)5-6-1-2-6/h3-4,6H,1-2,5H2. The average molecular weight is 213 g/mol. The van der Waals surface area contributed by atoms with E-state index >= 15 is 0 Å². The molecule has 3 heteroatoms. The summed E-state index contributed by atoms with van der Waals surface area (Å²) in [5.41, 5.74) is 0. The van der Waals surface area contributed by atoms with E-state index in [1.807, 2.05) is 6.07 Å². The molecule has 1 fully saturated rings. The lowest BCUT2D eigenvalue weighted by Crippen LogP contribution is -1.95. The van der Waals surface area contributed by atoms with Crippen LogP contribution in [0.15, 0.2) is 16.9 Å². The van der Waals surface area contributed by atoms with Gasteiger partial charge in [-0.2, -0.15) is 0 Å². The Bertz CT molecular complexity index is 258. The van der Waals surface area contributed by atoms with Gasteiger partial charge in [0.1, 0.15) is 10.4 Å². The zero-order valence-electron chi connectivity index (χ0n) is 6.13. The minimum atomic E-state index is 0.865. The lowest BCUT2D eigenvalue weighted by atomic mass is 10.3. The van der Waals surface area contributed by atoms with Crippen LogP contribution in [0.25, 0.3) is 0 Å². The van der Waals surface area contributed by atoms with Crippen molar-refractivity contribution in [2.24, 2.45) is 5.92 Å². The summed E-state index contributed by atoms with van der Waals surface area (Å²) in [6.07, 6.45) is 5.57. The second-order valence-electron chi connectivity index (χ2n) is 2.94. The zero-order chi connectivity index (χ0) is 7.68. The van der Waals surface area contributed by atoms with Crippen LogP contribution in [0.2, 0.25) is 0 Å². The molecule has 1 aromatic heterocycles. The molecule has 0 aromatic carbocycles. The van der Waals surface area contributed by atoms with Crippen molar-refractivity contribution in [2.45, 2.75) is 19.3 Å². The summed E-state index contributed by atoms with van der Waals surface area (Å²) in [6, 6.07) is 1.86. The molecular weight excluding hydrogens is 204 g/mol. The first-order chi connectivity index (χ1) is 5.34. The highest BCUT2D eigenvalue weighted by Gasteiger charge is 2.22. The van der Waals surface area contributed by atoms with E-state index in [-0.39, 0.29) is 0 Å². The van der Waals surface area contributed by atoms with E-state index in [1.165, 1.54) is 12.8 Å². The van der Waals surface area contributed by atoms with Crippen LogP contribution < -0.4 is 0 Å². The molecule has 0 atom stereocenters.